The minimum absolute atomic E-state index is 0.0479. The number of likely N-dealkylation sites (tertiary alicyclic amines) is 1. The molecule has 0 spiro atoms. The number of carbonyl (C=O) groups is 2. The van der Waals surface area contributed by atoms with Crippen LogP contribution in [0.2, 0.25) is 0 Å². The number of amides is 3. The van der Waals surface area contributed by atoms with Crippen molar-refractivity contribution in [2.75, 3.05) is 25.0 Å². The van der Waals surface area contributed by atoms with Crippen LogP contribution >= 0.6 is 0 Å². The molecule has 36 heavy (non-hydrogen) atoms. The van der Waals surface area contributed by atoms with Crippen LogP contribution in [0.15, 0.2) is 41.7 Å². The van der Waals surface area contributed by atoms with Crippen molar-refractivity contribution in [2.45, 2.75) is 50.5 Å². The Morgan fingerprint density at radius 3 is 2.53 bits per heavy atom. The Morgan fingerprint density at radius 2 is 1.81 bits per heavy atom. The van der Waals surface area contributed by atoms with Gasteiger partial charge in [-0.3, -0.25) is 15.1 Å². The summed E-state index contributed by atoms with van der Waals surface area (Å²) >= 11 is 0. The van der Waals surface area contributed by atoms with Crippen LogP contribution in [0.4, 0.5) is 10.7 Å². The molecule has 4 rings (SSSR count). The fourth-order valence-corrected chi connectivity index (χ4v) is 5.26. The SMILES string of the molecule is CC(C)(C)NS(=O)(=O)c1cncc(-c2ccc3nc(NC(=O)NCC(=O)N4CCCCC4)nn3c2)c1. The normalized spacial score (nSPS) is 14.6. The summed E-state index contributed by atoms with van der Waals surface area (Å²) in [6, 6.07) is 4.41. The van der Waals surface area contributed by atoms with Gasteiger partial charge in [0.25, 0.3) is 5.95 Å². The van der Waals surface area contributed by atoms with Crippen LogP contribution in [-0.4, -0.2) is 70.0 Å². The van der Waals surface area contributed by atoms with Gasteiger partial charge in [0.1, 0.15) is 4.90 Å². The maximum absolute atomic E-state index is 12.7. The molecule has 0 aromatic carbocycles. The monoisotopic (exact) mass is 514 g/mol. The van der Waals surface area contributed by atoms with Crippen LogP contribution in [-0.2, 0) is 14.8 Å². The van der Waals surface area contributed by atoms with E-state index in [1.165, 1.54) is 16.8 Å². The molecule has 3 N–H and O–H groups in total. The van der Waals surface area contributed by atoms with Crippen LogP contribution in [0.3, 0.4) is 0 Å². The summed E-state index contributed by atoms with van der Waals surface area (Å²) in [5, 5.41) is 9.34. The molecule has 3 aromatic heterocycles. The third-order valence-corrected chi connectivity index (χ3v) is 7.19. The molecule has 0 bridgehead atoms. The van der Waals surface area contributed by atoms with Gasteiger partial charge in [-0.15, -0.1) is 5.10 Å². The minimum atomic E-state index is -3.75. The van der Waals surface area contributed by atoms with Gasteiger partial charge >= 0.3 is 6.03 Å². The van der Waals surface area contributed by atoms with Gasteiger partial charge in [0, 0.05) is 48.3 Å². The lowest BCUT2D eigenvalue weighted by molar-refractivity contribution is -0.130. The van der Waals surface area contributed by atoms with Crippen LogP contribution in [0, 0.1) is 0 Å². The van der Waals surface area contributed by atoms with E-state index in [2.05, 4.69) is 30.4 Å². The predicted octanol–water partition coefficient (Wildman–Crippen LogP) is 2.00. The maximum Gasteiger partial charge on any atom is 0.322 e. The summed E-state index contributed by atoms with van der Waals surface area (Å²) in [4.78, 5) is 34.6. The third-order valence-electron chi connectivity index (χ3n) is 5.46. The molecule has 0 unspecified atom stereocenters. The number of carbonyl (C=O) groups excluding carboxylic acids is 2. The molecule has 0 aliphatic carbocycles. The lowest BCUT2D eigenvalue weighted by atomic mass is 10.1. The Kier molecular flexibility index (Phi) is 7.22. The van der Waals surface area contributed by atoms with E-state index in [9.17, 15) is 18.0 Å². The lowest BCUT2D eigenvalue weighted by Crippen LogP contribution is -2.43. The molecule has 1 aliphatic rings. The van der Waals surface area contributed by atoms with Crippen LogP contribution in [0.5, 0.6) is 0 Å². The highest BCUT2D eigenvalue weighted by molar-refractivity contribution is 7.89. The van der Waals surface area contributed by atoms with E-state index >= 15 is 0 Å². The van der Waals surface area contributed by atoms with Gasteiger partial charge in [0.2, 0.25) is 15.9 Å². The quantitative estimate of drug-likeness (QED) is 0.455. The van der Waals surface area contributed by atoms with Crippen molar-refractivity contribution >= 4 is 33.6 Å². The number of hydrogen-bond acceptors (Lipinski definition) is 7. The highest BCUT2D eigenvalue weighted by atomic mass is 32.2. The van der Waals surface area contributed by atoms with Gasteiger partial charge in [-0.1, -0.05) is 0 Å². The molecule has 192 valence electrons. The minimum Gasteiger partial charge on any atom is -0.341 e. The van der Waals surface area contributed by atoms with E-state index in [0.29, 0.717) is 16.8 Å². The van der Waals surface area contributed by atoms with Crippen molar-refractivity contribution < 1.29 is 18.0 Å². The number of hydrogen-bond donors (Lipinski definition) is 3. The van der Waals surface area contributed by atoms with E-state index in [4.69, 9.17) is 0 Å². The average molecular weight is 515 g/mol. The van der Waals surface area contributed by atoms with E-state index in [1.807, 2.05) is 0 Å². The van der Waals surface area contributed by atoms with Crippen molar-refractivity contribution in [1.82, 2.24) is 34.5 Å². The molecular weight excluding hydrogens is 484 g/mol. The summed E-state index contributed by atoms with van der Waals surface area (Å²) in [5.41, 5.74) is 1.08. The predicted molar refractivity (Wildman–Crippen MR) is 134 cm³/mol. The molecule has 1 fully saturated rings. The van der Waals surface area contributed by atoms with Crippen LogP contribution in [0.1, 0.15) is 40.0 Å². The van der Waals surface area contributed by atoms with Gasteiger partial charge in [0.15, 0.2) is 5.65 Å². The summed E-state index contributed by atoms with van der Waals surface area (Å²) in [6.45, 7) is 6.63. The van der Waals surface area contributed by atoms with E-state index in [0.717, 1.165) is 32.4 Å². The molecule has 1 saturated heterocycles. The highest BCUT2D eigenvalue weighted by Gasteiger charge is 2.23. The number of rotatable bonds is 6. The largest absolute Gasteiger partial charge is 0.341 e. The molecule has 4 heterocycles. The van der Waals surface area contributed by atoms with Crippen molar-refractivity contribution in [3.05, 3.63) is 36.8 Å². The number of anilines is 1. The molecule has 0 saturated carbocycles. The number of urea groups is 1. The van der Waals surface area contributed by atoms with E-state index in [-0.39, 0.29) is 23.3 Å². The maximum atomic E-state index is 12.7. The molecule has 3 aromatic rings. The fourth-order valence-electron chi connectivity index (χ4n) is 3.85. The molecular formula is C23H30N8O4S. The second-order valence-electron chi connectivity index (χ2n) is 9.67. The molecule has 0 atom stereocenters. The first-order valence-electron chi connectivity index (χ1n) is 11.7. The number of nitrogens with one attached hydrogen (secondary N) is 3. The molecule has 1 aliphatic heterocycles. The van der Waals surface area contributed by atoms with E-state index in [1.54, 1.807) is 50.2 Å². The van der Waals surface area contributed by atoms with Crippen LogP contribution < -0.4 is 15.4 Å². The summed E-state index contributed by atoms with van der Waals surface area (Å²) < 4.78 is 29.5. The van der Waals surface area contributed by atoms with Gasteiger partial charge < -0.3 is 10.2 Å². The Balaban J connectivity index is 1.44. The first-order chi connectivity index (χ1) is 17.0. The van der Waals surface area contributed by atoms with E-state index < -0.39 is 21.6 Å². The summed E-state index contributed by atoms with van der Waals surface area (Å²) in [7, 11) is -3.75. The average Bonchev–Trinajstić information content (AvgIpc) is 3.23. The van der Waals surface area contributed by atoms with Crippen LogP contribution in [0.25, 0.3) is 16.8 Å². The number of pyridine rings is 2. The summed E-state index contributed by atoms with van der Waals surface area (Å²) in [6.07, 6.45) is 7.59. The number of nitrogens with zero attached hydrogens (tertiary/aromatic N) is 5. The first kappa shape index (κ1) is 25.5. The molecule has 12 nitrogen and oxygen atoms in total. The zero-order valence-electron chi connectivity index (χ0n) is 20.5. The molecule has 13 heteroatoms. The third kappa shape index (κ3) is 6.34. The number of aromatic nitrogens is 4. The number of sulfonamides is 1. The lowest BCUT2D eigenvalue weighted by Gasteiger charge is -2.26. The molecule has 0 radical (unpaired) electrons. The van der Waals surface area contributed by atoms with Gasteiger partial charge in [-0.2, -0.15) is 4.98 Å². The number of fused-ring (bicyclic) bond motifs is 1. The van der Waals surface area contributed by atoms with Gasteiger partial charge in [-0.25, -0.2) is 22.4 Å². The Hall–Kier alpha value is -3.58. The zero-order valence-corrected chi connectivity index (χ0v) is 21.3. The van der Waals surface area contributed by atoms with Crippen molar-refractivity contribution in [3.63, 3.8) is 0 Å². The van der Waals surface area contributed by atoms with Crippen molar-refractivity contribution in [2.24, 2.45) is 0 Å². The topological polar surface area (TPSA) is 151 Å². The Bertz CT molecular complexity index is 1370. The number of piperidine rings is 1. The second-order valence-corrected chi connectivity index (χ2v) is 11.4. The van der Waals surface area contributed by atoms with Crippen molar-refractivity contribution in [3.8, 4) is 11.1 Å². The van der Waals surface area contributed by atoms with Gasteiger partial charge in [0.05, 0.1) is 6.54 Å². The molecule has 3 amide bonds. The highest BCUT2D eigenvalue weighted by Crippen LogP contribution is 2.23. The second kappa shape index (κ2) is 10.2. The Morgan fingerprint density at radius 1 is 1.06 bits per heavy atom. The standard InChI is InChI=1S/C23H30N8O4S/c1-23(2,3)29-36(34,35)18-11-17(12-24-13-18)16-7-8-19-26-21(28-31(19)15-16)27-22(33)25-14-20(32)30-9-5-4-6-10-30/h7-8,11-13,15,29H,4-6,9-10,14H2,1-3H3,(H2,25,27,28,33). The smallest absolute Gasteiger partial charge is 0.322 e. The zero-order chi connectivity index (χ0) is 25.9. The Labute approximate surface area is 209 Å². The fraction of sp³-hybridized carbons (Fsp3) is 0.435. The van der Waals surface area contributed by atoms with Gasteiger partial charge in [-0.05, 0) is 58.2 Å². The van der Waals surface area contributed by atoms with Crippen molar-refractivity contribution in [1.29, 1.82) is 0 Å². The first-order valence-corrected chi connectivity index (χ1v) is 13.2. The summed E-state index contributed by atoms with van der Waals surface area (Å²) in [5.74, 6) is -0.0492.